The zero-order valence-corrected chi connectivity index (χ0v) is 25.0. The normalized spacial score (nSPS) is 10.8. The lowest BCUT2D eigenvalue weighted by molar-refractivity contribution is 0.264. The first-order valence-electron chi connectivity index (χ1n) is 13.6. The van der Waals surface area contributed by atoms with Crippen LogP contribution in [0.5, 0.6) is 28.7 Å². The molecular weight excluding hydrogens is 556 g/mol. The summed E-state index contributed by atoms with van der Waals surface area (Å²) >= 11 is 0. The van der Waals surface area contributed by atoms with Crippen molar-refractivity contribution >= 4 is 24.3 Å². The molecule has 0 saturated heterocycles. The molecule has 0 unspecified atom stereocenters. The maximum atomic E-state index is 9.92. The smallest absolute Gasteiger partial charge is 0.203 e. The van der Waals surface area contributed by atoms with Gasteiger partial charge < -0.3 is 28.8 Å². The molecule has 0 heterocycles. The molecule has 1 N–H and O–H groups in total. The molecule has 0 amide bonds. The van der Waals surface area contributed by atoms with E-state index in [1.165, 1.54) is 0 Å². The fourth-order valence-corrected chi connectivity index (χ4v) is 4.51. The third kappa shape index (κ3) is 7.57. The average molecular weight is 589 g/mol. The molecule has 0 saturated carbocycles. The monoisotopic (exact) mass is 588 g/mol. The van der Waals surface area contributed by atoms with Crippen molar-refractivity contribution in [1.82, 2.24) is 0 Å². The van der Waals surface area contributed by atoms with Crippen molar-refractivity contribution in [3.8, 4) is 40.9 Å². The Morgan fingerprint density at radius 1 is 0.636 bits per heavy atom. The summed E-state index contributed by atoms with van der Waals surface area (Å²) in [6.07, 6.45) is 7.21. The van der Waals surface area contributed by atoms with E-state index >= 15 is 0 Å². The van der Waals surface area contributed by atoms with E-state index in [4.69, 9.17) is 23.7 Å². The third-order valence-electron chi connectivity index (χ3n) is 6.79. The highest BCUT2D eigenvalue weighted by Gasteiger charge is 2.15. The highest BCUT2D eigenvalue weighted by Crippen LogP contribution is 2.39. The summed E-state index contributed by atoms with van der Waals surface area (Å²) < 4.78 is 27.9. The second-order valence-corrected chi connectivity index (χ2v) is 9.58. The van der Waals surface area contributed by atoms with E-state index in [0.29, 0.717) is 51.0 Å². The van der Waals surface area contributed by atoms with E-state index in [2.05, 4.69) is 12.1 Å². The predicted molar refractivity (Wildman–Crippen MR) is 170 cm³/mol. The summed E-state index contributed by atoms with van der Waals surface area (Å²) in [6.45, 7) is 0.202. The Hall–Kier alpha value is -5.70. The molecule has 0 aromatic heterocycles. The number of ether oxygens (including phenoxy) is 5. The Kier molecular flexibility index (Phi) is 10.6. The summed E-state index contributed by atoms with van der Waals surface area (Å²) in [5, 5.41) is 29.2. The highest BCUT2D eigenvalue weighted by atomic mass is 16.5. The number of nitrogens with zero attached hydrogens (tertiary/aromatic N) is 2. The minimum Gasteiger partial charge on any atom is -0.497 e. The molecule has 0 aliphatic carbocycles. The fourth-order valence-electron chi connectivity index (χ4n) is 4.51. The van der Waals surface area contributed by atoms with Gasteiger partial charge in [-0.3, -0.25) is 0 Å². The molecule has 4 aromatic rings. The maximum Gasteiger partial charge on any atom is 0.203 e. The standard InChI is InChI=1S/C36H32N2O6/c1-40-32-13-24(14-33(19-32)41-2)8-10-28-17-31(21-38)29(18-30(28)20-37)11-9-25-15-34(42-3)36(35(16-25)43-4)44-23-27-7-5-6-26(12-27)22-39/h5-19,39H,22-23H2,1-4H3/b10-8+,11-9+. The van der Waals surface area contributed by atoms with Crippen molar-refractivity contribution in [2.75, 3.05) is 28.4 Å². The molecular formula is C36H32N2O6. The van der Waals surface area contributed by atoms with Gasteiger partial charge in [0.05, 0.1) is 58.3 Å². The van der Waals surface area contributed by atoms with Gasteiger partial charge in [-0.05, 0) is 69.8 Å². The van der Waals surface area contributed by atoms with Crippen LogP contribution < -0.4 is 23.7 Å². The molecule has 8 nitrogen and oxygen atoms in total. The van der Waals surface area contributed by atoms with Crippen LogP contribution in [-0.4, -0.2) is 33.5 Å². The fraction of sp³-hybridized carbons (Fsp3) is 0.167. The number of methoxy groups -OCH3 is 4. The van der Waals surface area contributed by atoms with Crippen molar-refractivity contribution in [1.29, 1.82) is 10.5 Å². The predicted octanol–water partition coefficient (Wildman–Crippen LogP) is 6.88. The van der Waals surface area contributed by atoms with Crippen LogP contribution in [0, 0.1) is 22.7 Å². The van der Waals surface area contributed by atoms with Gasteiger partial charge >= 0.3 is 0 Å². The molecule has 8 heteroatoms. The van der Waals surface area contributed by atoms with Crippen molar-refractivity contribution in [3.63, 3.8) is 0 Å². The quantitative estimate of drug-likeness (QED) is 0.178. The Morgan fingerprint density at radius 2 is 1.16 bits per heavy atom. The molecule has 0 radical (unpaired) electrons. The summed E-state index contributed by atoms with van der Waals surface area (Å²) in [4.78, 5) is 0. The number of nitriles is 2. The number of hydrogen-bond acceptors (Lipinski definition) is 8. The first kappa shape index (κ1) is 31.2. The van der Waals surface area contributed by atoms with Gasteiger partial charge in [-0.15, -0.1) is 0 Å². The van der Waals surface area contributed by atoms with E-state index in [-0.39, 0.29) is 13.2 Å². The number of benzene rings is 4. The van der Waals surface area contributed by atoms with Crippen LogP contribution in [0.2, 0.25) is 0 Å². The minimum atomic E-state index is -0.0523. The second-order valence-electron chi connectivity index (χ2n) is 9.58. The van der Waals surface area contributed by atoms with Crippen LogP contribution in [0.15, 0.2) is 66.7 Å². The number of rotatable bonds is 12. The first-order chi connectivity index (χ1) is 21.4. The van der Waals surface area contributed by atoms with Gasteiger partial charge in [0.1, 0.15) is 18.1 Å². The molecule has 0 aliphatic rings. The molecule has 4 aromatic carbocycles. The lowest BCUT2D eigenvalue weighted by atomic mass is 9.97. The van der Waals surface area contributed by atoms with Gasteiger partial charge in [-0.1, -0.05) is 48.6 Å². The Bertz CT molecular complexity index is 1730. The van der Waals surface area contributed by atoms with Gasteiger partial charge in [0.15, 0.2) is 11.5 Å². The minimum absolute atomic E-state index is 0.0523. The van der Waals surface area contributed by atoms with Crippen LogP contribution in [0.4, 0.5) is 0 Å². The second kappa shape index (κ2) is 15.0. The Balaban J connectivity index is 1.61. The van der Waals surface area contributed by atoms with E-state index < -0.39 is 0 Å². The molecule has 4 rings (SSSR count). The highest BCUT2D eigenvalue weighted by molar-refractivity contribution is 5.80. The first-order valence-corrected chi connectivity index (χ1v) is 13.6. The third-order valence-corrected chi connectivity index (χ3v) is 6.79. The Labute approximate surface area is 257 Å². The molecule has 0 atom stereocenters. The van der Waals surface area contributed by atoms with E-state index in [1.54, 1.807) is 70.9 Å². The topological polar surface area (TPSA) is 114 Å². The van der Waals surface area contributed by atoms with E-state index in [9.17, 15) is 15.6 Å². The van der Waals surface area contributed by atoms with E-state index in [1.807, 2.05) is 48.6 Å². The lowest BCUT2D eigenvalue weighted by Crippen LogP contribution is -2.01. The van der Waals surface area contributed by atoms with Gasteiger partial charge in [0, 0.05) is 6.07 Å². The SMILES string of the molecule is COc1cc(/C=C/c2cc(C#N)c(/C=C/c3cc(OC)c(OCc4cccc(CO)c4)c(OC)c3)cc2C#N)cc(OC)c1. The summed E-state index contributed by atoms with van der Waals surface area (Å²) in [5.41, 5.74) is 5.27. The van der Waals surface area contributed by atoms with Crippen molar-refractivity contribution in [3.05, 3.63) is 111 Å². The average Bonchev–Trinajstić information content (AvgIpc) is 3.08. The van der Waals surface area contributed by atoms with Crippen LogP contribution >= 0.6 is 0 Å². The zero-order valence-electron chi connectivity index (χ0n) is 25.0. The van der Waals surface area contributed by atoms with Crippen LogP contribution in [-0.2, 0) is 13.2 Å². The number of aliphatic hydroxyl groups is 1. The Morgan fingerprint density at radius 3 is 1.64 bits per heavy atom. The van der Waals surface area contributed by atoms with Gasteiger partial charge in [0.25, 0.3) is 0 Å². The van der Waals surface area contributed by atoms with Crippen LogP contribution in [0.1, 0.15) is 44.5 Å². The van der Waals surface area contributed by atoms with Crippen molar-refractivity contribution in [2.24, 2.45) is 0 Å². The number of aliphatic hydroxyl groups excluding tert-OH is 1. The van der Waals surface area contributed by atoms with Gasteiger partial charge in [-0.2, -0.15) is 10.5 Å². The largest absolute Gasteiger partial charge is 0.497 e. The lowest BCUT2D eigenvalue weighted by Gasteiger charge is -2.16. The van der Waals surface area contributed by atoms with E-state index in [0.717, 1.165) is 22.3 Å². The maximum absolute atomic E-state index is 9.92. The molecule has 44 heavy (non-hydrogen) atoms. The summed E-state index contributed by atoms with van der Waals surface area (Å²) in [6, 6.07) is 24.4. The summed E-state index contributed by atoms with van der Waals surface area (Å²) in [7, 11) is 6.25. The number of hydrogen-bond donors (Lipinski definition) is 1. The summed E-state index contributed by atoms with van der Waals surface area (Å²) in [5.74, 6) is 2.66. The van der Waals surface area contributed by atoms with Crippen molar-refractivity contribution < 1.29 is 28.8 Å². The van der Waals surface area contributed by atoms with Crippen molar-refractivity contribution in [2.45, 2.75) is 13.2 Å². The van der Waals surface area contributed by atoms with Gasteiger partial charge in [-0.25, -0.2) is 0 Å². The molecule has 0 aliphatic heterocycles. The zero-order chi connectivity index (χ0) is 31.5. The molecule has 0 spiro atoms. The van der Waals surface area contributed by atoms with Crippen LogP contribution in [0.25, 0.3) is 24.3 Å². The molecule has 0 bridgehead atoms. The molecule has 0 fully saturated rings. The van der Waals surface area contributed by atoms with Gasteiger partial charge in [0.2, 0.25) is 5.75 Å². The molecule has 222 valence electrons. The van der Waals surface area contributed by atoms with Crippen LogP contribution in [0.3, 0.4) is 0 Å².